The van der Waals surface area contributed by atoms with Gasteiger partial charge in [0.05, 0.1) is 0 Å². The predicted molar refractivity (Wildman–Crippen MR) is 110 cm³/mol. The lowest BCUT2D eigenvalue weighted by molar-refractivity contribution is -0.158. The van der Waals surface area contributed by atoms with Crippen LogP contribution in [0.5, 0.6) is 0 Å². The van der Waals surface area contributed by atoms with Gasteiger partial charge in [-0.2, -0.15) is 0 Å². The molecule has 0 aliphatic heterocycles. The van der Waals surface area contributed by atoms with Crippen LogP contribution in [0, 0.1) is 0 Å². The van der Waals surface area contributed by atoms with Gasteiger partial charge in [-0.1, -0.05) is 78.1 Å². The van der Waals surface area contributed by atoms with Crippen molar-refractivity contribution in [1.29, 1.82) is 0 Å². The molecule has 0 radical (unpaired) electrons. The smallest absolute Gasteiger partial charge is 0.317 e. The van der Waals surface area contributed by atoms with Crippen molar-refractivity contribution in [1.82, 2.24) is 0 Å². The molecule has 0 atom stereocenters. The molecule has 5 nitrogen and oxygen atoms in total. The van der Waals surface area contributed by atoms with Crippen molar-refractivity contribution in [3.8, 4) is 0 Å². The second-order valence-corrected chi connectivity index (χ2v) is 7.41. The summed E-state index contributed by atoms with van der Waals surface area (Å²) in [5.41, 5.74) is 5.29. The van der Waals surface area contributed by atoms with E-state index >= 15 is 0 Å². The number of ether oxygens (including phenoxy) is 2. The fourth-order valence-corrected chi connectivity index (χ4v) is 3.14. The molecule has 160 valence electrons. The molecule has 0 amide bonds. The van der Waals surface area contributed by atoms with Crippen LogP contribution in [0.1, 0.15) is 110 Å². The van der Waals surface area contributed by atoms with Crippen LogP contribution in [0.3, 0.4) is 0 Å². The van der Waals surface area contributed by atoms with Gasteiger partial charge in [0.25, 0.3) is 0 Å². The lowest BCUT2D eigenvalue weighted by atomic mass is 10.0. The van der Waals surface area contributed by atoms with E-state index in [2.05, 4.69) is 13.8 Å². The molecule has 0 aliphatic carbocycles. The highest BCUT2D eigenvalue weighted by Gasteiger charge is 2.17. The van der Waals surface area contributed by atoms with E-state index in [4.69, 9.17) is 15.2 Å². The molecule has 0 heterocycles. The molecular formula is C22H43NO4. The minimum absolute atomic E-state index is 0.0721. The molecule has 0 fully saturated rings. The second kappa shape index (κ2) is 19.7. The van der Waals surface area contributed by atoms with Crippen molar-refractivity contribution < 1.29 is 19.1 Å². The maximum atomic E-state index is 12.0. The second-order valence-electron chi connectivity index (χ2n) is 7.41. The molecule has 0 aliphatic rings. The highest BCUT2D eigenvalue weighted by atomic mass is 16.6. The minimum Gasteiger partial charge on any atom is -0.464 e. The number of carbonyl (C=O) groups is 2. The van der Waals surface area contributed by atoms with Crippen LogP contribution in [0.25, 0.3) is 0 Å². The summed E-state index contributed by atoms with van der Waals surface area (Å²) in [5.74, 6) is -1.03. The van der Waals surface area contributed by atoms with Gasteiger partial charge in [-0.25, -0.2) is 0 Å². The first-order chi connectivity index (χ1) is 13.1. The fourth-order valence-electron chi connectivity index (χ4n) is 3.14. The zero-order chi connectivity index (χ0) is 20.2. The summed E-state index contributed by atoms with van der Waals surface area (Å²) in [4.78, 5) is 23.6. The number of hydrogen-bond acceptors (Lipinski definition) is 5. The van der Waals surface area contributed by atoms with Crippen molar-refractivity contribution in [3.05, 3.63) is 0 Å². The summed E-state index contributed by atoms with van der Waals surface area (Å²) in [6.07, 6.45) is 16.1. The van der Waals surface area contributed by atoms with E-state index < -0.39 is 11.9 Å². The number of hydrogen-bond donors (Lipinski definition) is 1. The first-order valence-corrected chi connectivity index (χ1v) is 11.2. The Bertz CT molecular complexity index is 344. The van der Waals surface area contributed by atoms with E-state index in [1.165, 1.54) is 64.2 Å². The van der Waals surface area contributed by atoms with Gasteiger partial charge in [0, 0.05) is 6.54 Å². The minimum atomic E-state index is -0.552. The van der Waals surface area contributed by atoms with Gasteiger partial charge in [0.1, 0.15) is 19.1 Å². The summed E-state index contributed by atoms with van der Waals surface area (Å²) in [6, 6.07) is 0. The summed E-state index contributed by atoms with van der Waals surface area (Å²) >= 11 is 0. The summed E-state index contributed by atoms with van der Waals surface area (Å²) < 4.78 is 10.4. The van der Waals surface area contributed by atoms with Gasteiger partial charge in [0.2, 0.25) is 0 Å². The van der Waals surface area contributed by atoms with Gasteiger partial charge in [-0.15, -0.1) is 0 Å². The molecule has 0 saturated carbocycles. The summed E-state index contributed by atoms with van der Waals surface area (Å²) in [7, 11) is 0. The Balaban J connectivity index is 4.16. The van der Waals surface area contributed by atoms with E-state index in [0.717, 1.165) is 25.7 Å². The number of carbonyl (C=O) groups excluding carboxylic acids is 2. The van der Waals surface area contributed by atoms with E-state index in [1.54, 1.807) is 0 Å². The molecule has 0 saturated heterocycles. The Morgan fingerprint density at radius 2 is 1.22 bits per heavy atom. The average Bonchev–Trinajstić information content (AvgIpc) is 2.65. The largest absolute Gasteiger partial charge is 0.464 e. The molecular weight excluding hydrogens is 342 g/mol. The normalized spacial score (nSPS) is 11.0. The lowest BCUT2D eigenvalue weighted by Crippen LogP contribution is -2.22. The number of nitrogens with two attached hydrogens (primary N) is 1. The Kier molecular flexibility index (Phi) is 18.9. The predicted octanol–water partition coefficient (Wildman–Crippen LogP) is 5.29. The summed E-state index contributed by atoms with van der Waals surface area (Å²) in [5, 5.41) is 0. The molecule has 5 heteroatoms. The van der Waals surface area contributed by atoms with Gasteiger partial charge in [0.15, 0.2) is 0 Å². The maximum Gasteiger partial charge on any atom is 0.317 e. The average molecular weight is 386 g/mol. The monoisotopic (exact) mass is 385 g/mol. The Morgan fingerprint density at radius 1 is 0.741 bits per heavy atom. The highest BCUT2D eigenvalue weighted by Crippen LogP contribution is 2.17. The summed E-state index contributed by atoms with van der Waals surface area (Å²) in [6.45, 7) is 4.84. The quantitative estimate of drug-likeness (QED) is 0.186. The Morgan fingerprint density at radius 3 is 1.70 bits per heavy atom. The first kappa shape index (κ1) is 25.9. The third kappa shape index (κ3) is 18.0. The number of unbranched alkanes of at least 4 members (excludes halogenated alkanes) is 10. The van der Waals surface area contributed by atoms with Crippen molar-refractivity contribution >= 4 is 11.9 Å². The molecule has 0 rings (SSSR count). The number of rotatable bonds is 19. The lowest BCUT2D eigenvalue weighted by Gasteiger charge is -2.18. The number of esters is 2. The van der Waals surface area contributed by atoms with Crippen molar-refractivity contribution in [2.24, 2.45) is 5.73 Å². The van der Waals surface area contributed by atoms with E-state index in [0.29, 0.717) is 0 Å². The van der Waals surface area contributed by atoms with Crippen LogP contribution in [0.2, 0.25) is 0 Å². The Labute approximate surface area is 166 Å². The molecule has 0 aromatic heterocycles. The first-order valence-electron chi connectivity index (χ1n) is 11.2. The highest BCUT2D eigenvalue weighted by molar-refractivity contribution is 5.91. The zero-order valence-corrected chi connectivity index (χ0v) is 17.8. The molecule has 0 aromatic carbocycles. The Hall–Kier alpha value is -1.10. The van der Waals surface area contributed by atoms with Crippen LogP contribution in [0.4, 0.5) is 0 Å². The van der Waals surface area contributed by atoms with Gasteiger partial charge in [-0.05, 0) is 25.7 Å². The molecule has 27 heavy (non-hydrogen) atoms. The SMILES string of the molecule is CCCCCCCCC(CCCCCCCC)OC(=O)CC(=O)OCCN. The van der Waals surface area contributed by atoms with Crippen LogP contribution >= 0.6 is 0 Å². The maximum absolute atomic E-state index is 12.0. The third-order valence-electron chi connectivity index (χ3n) is 4.73. The molecule has 2 N–H and O–H groups in total. The zero-order valence-electron chi connectivity index (χ0n) is 17.8. The molecule has 0 bridgehead atoms. The van der Waals surface area contributed by atoms with E-state index in [9.17, 15) is 9.59 Å². The van der Waals surface area contributed by atoms with Crippen LogP contribution in [0.15, 0.2) is 0 Å². The molecule has 0 spiro atoms. The van der Waals surface area contributed by atoms with Crippen LogP contribution in [-0.2, 0) is 19.1 Å². The standard InChI is InChI=1S/C22H43NO4/c1-3-5-7-9-11-13-15-20(16-14-12-10-8-6-4-2)27-22(25)19-21(24)26-18-17-23/h20H,3-19,23H2,1-2H3. The molecule has 0 aromatic rings. The molecule has 0 unspecified atom stereocenters. The van der Waals surface area contributed by atoms with E-state index in [1.807, 2.05) is 0 Å². The van der Waals surface area contributed by atoms with Crippen molar-refractivity contribution in [2.45, 2.75) is 116 Å². The van der Waals surface area contributed by atoms with Crippen LogP contribution < -0.4 is 5.73 Å². The van der Waals surface area contributed by atoms with Gasteiger partial charge < -0.3 is 15.2 Å². The van der Waals surface area contributed by atoms with Gasteiger partial charge >= 0.3 is 11.9 Å². The van der Waals surface area contributed by atoms with Crippen molar-refractivity contribution in [3.63, 3.8) is 0 Å². The van der Waals surface area contributed by atoms with Crippen LogP contribution in [-0.4, -0.2) is 31.2 Å². The van der Waals surface area contributed by atoms with Crippen molar-refractivity contribution in [2.75, 3.05) is 13.2 Å². The topological polar surface area (TPSA) is 78.6 Å². The fraction of sp³-hybridized carbons (Fsp3) is 0.909. The van der Waals surface area contributed by atoms with E-state index in [-0.39, 0.29) is 25.7 Å². The van der Waals surface area contributed by atoms with Gasteiger partial charge in [-0.3, -0.25) is 9.59 Å². The third-order valence-corrected chi connectivity index (χ3v) is 4.73.